The molecule has 0 saturated heterocycles. The van der Waals surface area contributed by atoms with Crippen molar-refractivity contribution in [3.05, 3.63) is 0 Å². The Morgan fingerprint density at radius 1 is 0.481 bits per heavy atom. The number of unbranched alkanes of at least 4 members (excludes halogenated alkanes) is 2. The van der Waals surface area contributed by atoms with E-state index in [4.69, 9.17) is 28.7 Å². The Bertz CT molecular complexity index is 1930. The molecule has 27 nitrogen and oxygen atoms in total. The van der Waals surface area contributed by atoms with Gasteiger partial charge in [0, 0.05) is 18.1 Å². The second-order valence-corrected chi connectivity index (χ2v) is 20.5. The molecule has 0 aromatic carbocycles. The zero-order valence-electron chi connectivity index (χ0n) is 45.7. The minimum absolute atomic E-state index is 0.0126. The van der Waals surface area contributed by atoms with Crippen LogP contribution in [0.3, 0.4) is 0 Å². The third-order valence-electron chi connectivity index (χ3n) is 12.1. The van der Waals surface area contributed by atoms with Crippen molar-refractivity contribution in [3.8, 4) is 0 Å². The average Bonchev–Trinajstić information content (AvgIpc) is 3.36. The van der Waals surface area contributed by atoms with Crippen molar-refractivity contribution in [2.45, 2.75) is 180 Å². The number of carbonyl (C=O) groups is 10. The van der Waals surface area contributed by atoms with Crippen molar-refractivity contribution < 1.29 is 58.2 Å². The third kappa shape index (κ3) is 28.6. The summed E-state index contributed by atoms with van der Waals surface area (Å²) in [4.78, 5) is 139. The highest BCUT2D eigenvalue weighted by Gasteiger charge is 2.37. The summed E-state index contributed by atoms with van der Waals surface area (Å²) < 4.78 is 0. The molecule has 0 rings (SSSR count). The molecule has 21 N–H and O–H groups in total. The molecule has 0 aliphatic heterocycles. The molecule has 0 aromatic rings. The quantitative estimate of drug-likeness (QED) is 0.0121. The summed E-state index contributed by atoms with van der Waals surface area (Å²) in [6, 6.07) is -12.0. The van der Waals surface area contributed by atoms with Crippen LogP contribution in [0.2, 0.25) is 0 Å². The number of nitrogens with two attached hydrogens (primary N) is 5. The largest absolute Gasteiger partial charge is 0.480 e. The van der Waals surface area contributed by atoms with E-state index < -0.39 is 126 Å². The molecule has 0 aliphatic rings. The van der Waals surface area contributed by atoms with Gasteiger partial charge in [-0.1, -0.05) is 48.0 Å². The fraction of sp³-hybridized carbons (Fsp3) is 0.771. The van der Waals surface area contributed by atoms with E-state index in [2.05, 4.69) is 78.1 Å². The number of aliphatic imine (C=N–C) groups is 1. The number of guanidine groups is 1. The summed E-state index contributed by atoms with van der Waals surface area (Å²) in [5.74, 6) is -10.0. The SMILES string of the molecule is CC[C@H](C)[C@H](NC(=O)[C@H](CCCN=C(N)N)NC(=O)[C@H](CCCCN)NC(=O)[C@H](CC(C)C)NC(=O)[C@H](CS)NC(=O)CN)C(=O)N[C@@H](CCCCN)C(=O)N[C@H](C(=O)N[C@@H](CS)C(=O)N[C@@H](CC(C)C)C(=O)O)[C@@H](C)O. The smallest absolute Gasteiger partial charge is 0.326 e. The first-order valence-corrected chi connectivity index (χ1v) is 27.5. The van der Waals surface area contributed by atoms with Crippen LogP contribution in [0.4, 0.5) is 0 Å². The number of thiol groups is 2. The van der Waals surface area contributed by atoms with Crippen molar-refractivity contribution in [2.75, 3.05) is 37.7 Å². The number of carbonyl (C=O) groups excluding carboxylic acids is 9. The van der Waals surface area contributed by atoms with E-state index in [0.29, 0.717) is 32.1 Å². The van der Waals surface area contributed by atoms with Crippen LogP contribution in [0.15, 0.2) is 4.99 Å². The molecule has 0 bridgehead atoms. The van der Waals surface area contributed by atoms with Gasteiger partial charge in [0.15, 0.2) is 5.96 Å². The number of aliphatic carboxylic acids is 1. The van der Waals surface area contributed by atoms with Gasteiger partial charge in [-0.25, -0.2) is 4.79 Å². The van der Waals surface area contributed by atoms with Crippen molar-refractivity contribution in [2.24, 2.45) is 51.4 Å². The Hall–Kier alpha value is -5.49. The van der Waals surface area contributed by atoms with Crippen molar-refractivity contribution in [1.29, 1.82) is 0 Å². The van der Waals surface area contributed by atoms with E-state index >= 15 is 0 Å². The predicted octanol–water partition coefficient (Wildman–Crippen LogP) is -3.92. The second-order valence-electron chi connectivity index (χ2n) is 19.8. The van der Waals surface area contributed by atoms with Crippen LogP contribution < -0.4 is 76.5 Å². The molecule has 0 aliphatic carbocycles. The molecule has 0 unspecified atom stereocenters. The third-order valence-corrected chi connectivity index (χ3v) is 12.8. The standard InChI is InChI=1S/C48H91N15O12S2/c1-8-27(6)37(45(72)58-30(15-10-12-18-50)41(68)63-38(28(7)64)46(73)61-35(24-77)44(71)60-33(47(74)75)21-26(4)5)62-40(67)31(16-13-19-54-48(52)53)56-39(66)29(14-9-11-17-49)57-42(69)32(20-25(2)3)59-43(70)34(23-76)55-36(65)22-51/h25-35,37-38,64,76-77H,8-24,49-51H2,1-7H3,(H,55,65)(H,56,66)(H,57,69)(H,58,72)(H,59,70)(H,60,71)(H,61,73)(H,62,67)(H,63,68)(H,74,75)(H4,52,53,54)/t27-,28+,29-,30-,31-,32-,33-,34-,35-,37-,38-/m0/s1. The maximum Gasteiger partial charge on any atom is 0.326 e. The summed E-state index contributed by atoms with van der Waals surface area (Å²) in [5, 5.41) is 43.4. The first-order valence-electron chi connectivity index (χ1n) is 26.2. The van der Waals surface area contributed by atoms with Crippen LogP contribution in [0.1, 0.15) is 119 Å². The van der Waals surface area contributed by atoms with Crippen LogP contribution >= 0.6 is 25.3 Å². The highest BCUT2D eigenvalue weighted by Crippen LogP contribution is 2.14. The summed E-state index contributed by atoms with van der Waals surface area (Å²) in [6.07, 6.45) is 0.699. The number of hydrogen-bond donors (Lipinski definition) is 18. The topological polar surface area (TPSA) is 462 Å². The number of rotatable bonds is 40. The molecule has 442 valence electrons. The van der Waals surface area contributed by atoms with Crippen LogP contribution in [-0.4, -0.2) is 173 Å². The van der Waals surface area contributed by atoms with Gasteiger partial charge in [-0.15, -0.1) is 0 Å². The summed E-state index contributed by atoms with van der Waals surface area (Å²) in [5.41, 5.74) is 28.0. The molecule has 0 radical (unpaired) electrons. The van der Waals surface area contributed by atoms with E-state index in [9.17, 15) is 58.2 Å². The molecule has 29 heteroatoms. The van der Waals surface area contributed by atoms with E-state index in [1.165, 1.54) is 6.92 Å². The van der Waals surface area contributed by atoms with Crippen LogP contribution in [0, 0.1) is 17.8 Å². The lowest BCUT2D eigenvalue weighted by atomic mass is 9.96. The molecule has 0 aromatic heterocycles. The minimum Gasteiger partial charge on any atom is -0.480 e. The summed E-state index contributed by atoms with van der Waals surface area (Å²) in [6.45, 7) is 12.0. The molecular formula is C48H91N15O12S2. The van der Waals surface area contributed by atoms with Gasteiger partial charge in [-0.3, -0.25) is 48.1 Å². The lowest BCUT2D eigenvalue weighted by Crippen LogP contribution is -2.62. The second kappa shape index (κ2) is 39.0. The molecular weight excluding hydrogens is 1040 g/mol. The zero-order chi connectivity index (χ0) is 58.9. The molecule has 11 atom stereocenters. The van der Waals surface area contributed by atoms with Gasteiger partial charge in [0.05, 0.1) is 12.6 Å². The Labute approximate surface area is 463 Å². The lowest BCUT2D eigenvalue weighted by Gasteiger charge is -2.30. The number of carboxylic acid groups (broad SMARTS) is 1. The number of nitrogens with one attached hydrogen (secondary N) is 9. The van der Waals surface area contributed by atoms with E-state index in [0.717, 1.165) is 0 Å². The van der Waals surface area contributed by atoms with Gasteiger partial charge in [0.25, 0.3) is 0 Å². The van der Waals surface area contributed by atoms with E-state index in [1.54, 1.807) is 27.7 Å². The molecule has 0 heterocycles. The average molecular weight is 1130 g/mol. The number of nitrogens with zero attached hydrogens (tertiary/aromatic N) is 1. The van der Waals surface area contributed by atoms with Crippen molar-refractivity contribution in [3.63, 3.8) is 0 Å². The van der Waals surface area contributed by atoms with Crippen LogP contribution in [0.5, 0.6) is 0 Å². The van der Waals surface area contributed by atoms with Crippen molar-refractivity contribution >= 4 is 90.4 Å². The van der Waals surface area contributed by atoms with E-state index in [-0.39, 0.29) is 94.0 Å². The fourth-order valence-corrected chi connectivity index (χ4v) is 8.07. The van der Waals surface area contributed by atoms with Gasteiger partial charge in [0.1, 0.15) is 54.4 Å². The zero-order valence-corrected chi connectivity index (χ0v) is 47.5. The number of amides is 9. The maximum atomic E-state index is 14.4. The summed E-state index contributed by atoms with van der Waals surface area (Å²) in [7, 11) is 0. The van der Waals surface area contributed by atoms with Gasteiger partial charge in [-0.05, 0) is 102 Å². The molecule has 0 fully saturated rings. The highest BCUT2D eigenvalue weighted by molar-refractivity contribution is 7.80. The number of aliphatic hydroxyl groups excluding tert-OH is 1. The highest BCUT2D eigenvalue weighted by atomic mass is 32.1. The maximum absolute atomic E-state index is 14.4. The monoisotopic (exact) mass is 1130 g/mol. The Kier molecular flexibility index (Phi) is 36.2. The predicted molar refractivity (Wildman–Crippen MR) is 298 cm³/mol. The Balaban J connectivity index is 6.88. The van der Waals surface area contributed by atoms with Gasteiger partial charge >= 0.3 is 5.97 Å². The Morgan fingerprint density at radius 2 is 0.844 bits per heavy atom. The van der Waals surface area contributed by atoms with Gasteiger partial charge in [-0.2, -0.15) is 25.3 Å². The normalized spacial score (nSPS) is 15.5. The van der Waals surface area contributed by atoms with Crippen LogP contribution in [-0.2, 0) is 47.9 Å². The first-order chi connectivity index (χ1) is 36.2. The van der Waals surface area contributed by atoms with Gasteiger partial charge in [0.2, 0.25) is 53.2 Å². The van der Waals surface area contributed by atoms with Crippen molar-refractivity contribution in [1.82, 2.24) is 47.9 Å². The number of carboxylic acids is 1. The number of aliphatic hydroxyl groups is 1. The Morgan fingerprint density at radius 3 is 1.26 bits per heavy atom. The first kappa shape index (κ1) is 71.5. The minimum atomic E-state index is -1.68. The molecule has 0 saturated carbocycles. The van der Waals surface area contributed by atoms with Crippen LogP contribution in [0.25, 0.3) is 0 Å². The molecule has 77 heavy (non-hydrogen) atoms. The lowest BCUT2D eigenvalue weighted by molar-refractivity contribution is -0.142. The molecule has 0 spiro atoms. The van der Waals surface area contributed by atoms with E-state index in [1.807, 2.05) is 13.8 Å². The van der Waals surface area contributed by atoms with Gasteiger partial charge < -0.3 is 86.7 Å². The molecule has 9 amide bonds. The summed E-state index contributed by atoms with van der Waals surface area (Å²) >= 11 is 8.30. The fourth-order valence-electron chi connectivity index (χ4n) is 7.56. The number of hydrogen-bond acceptors (Lipinski definition) is 17.